The second kappa shape index (κ2) is 12.4. The minimum Gasteiger partial charge on any atom is -0.387 e. The Labute approximate surface area is 179 Å². The van der Waals surface area contributed by atoms with Crippen molar-refractivity contribution in [3.8, 4) is 0 Å². The zero-order chi connectivity index (χ0) is 20.4. The summed E-state index contributed by atoms with van der Waals surface area (Å²) in [6, 6.07) is 19.0. The predicted octanol–water partition coefficient (Wildman–Crippen LogP) is 5.50. The lowest BCUT2D eigenvalue weighted by atomic mass is 10.1. The van der Waals surface area contributed by atoms with Crippen LogP contribution >= 0.6 is 15.9 Å². The number of aliphatic hydroxyl groups excluding tert-OH is 1. The first-order chi connectivity index (χ1) is 13.5. The molecule has 0 aliphatic heterocycles. The summed E-state index contributed by atoms with van der Waals surface area (Å²) in [7, 11) is 0. The molecule has 2 rings (SSSR count). The molecule has 2 aromatic rings. The minimum absolute atomic E-state index is 0.417. The number of halogens is 1. The van der Waals surface area contributed by atoms with Crippen molar-refractivity contribution in [2.45, 2.75) is 52.3 Å². The van der Waals surface area contributed by atoms with Gasteiger partial charge in [0.05, 0.1) is 6.10 Å². The Morgan fingerprint density at radius 3 is 2.21 bits per heavy atom. The predicted molar refractivity (Wildman–Crippen MR) is 122 cm³/mol. The van der Waals surface area contributed by atoms with Crippen LogP contribution in [0.3, 0.4) is 0 Å². The summed E-state index contributed by atoms with van der Waals surface area (Å²) >= 11 is 3.47. The largest absolute Gasteiger partial charge is 0.387 e. The molecule has 0 aliphatic carbocycles. The van der Waals surface area contributed by atoms with E-state index in [2.05, 4.69) is 76.8 Å². The molecule has 2 aromatic carbocycles. The molecule has 154 valence electrons. The Bertz CT molecular complexity index is 658. The molecular formula is C24H35BrN2O. The quantitative estimate of drug-likeness (QED) is 0.466. The van der Waals surface area contributed by atoms with Crippen molar-refractivity contribution in [3.05, 3.63) is 70.2 Å². The lowest BCUT2D eigenvalue weighted by molar-refractivity contribution is 0.0816. The third-order valence-corrected chi connectivity index (χ3v) is 6.03. The lowest BCUT2D eigenvalue weighted by Crippen LogP contribution is -2.36. The van der Waals surface area contributed by atoms with Gasteiger partial charge in [0.25, 0.3) is 0 Å². The highest BCUT2D eigenvalue weighted by Crippen LogP contribution is 2.21. The van der Waals surface area contributed by atoms with Gasteiger partial charge in [-0.25, -0.2) is 0 Å². The number of nitrogens with zero attached hydrogens (tertiary/aromatic N) is 2. The van der Waals surface area contributed by atoms with Gasteiger partial charge >= 0.3 is 0 Å². The molecule has 0 saturated heterocycles. The number of rotatable bonds is 12. The molecule has 0 amide bonds. The fraction of sp³-hybridized carbons (Fsp3) is 0.500. The monoisotopic (exact) mass is 446 g/mol. The standard InChI is InChI=1S/C24H35BrN2O/c1-4-26(5-2)17-9-10-20(3)27(18-21-11-7-6-8-12-21)19-24(28)22-13-15-23(25)16-14-22/h6-8,11-16,20,24,28H,4-5,9-10,17-19H2,1-3H3/t20-,24+/m0/s1. The number of benzene rings is 2. The van der Waals surface area contributed by atoms with Crippen LogP contribution in [0.15, 0.2) is 59.1 Å². The van der Waals surface area contributed by atoms with Crippen LogP contribution in [0, 0.1) is 0 Å². The highest BCUT2D eigenvalue weighted by atomic mass is 79.9. The fourth-order valence-electron chi connectivity index (χ4n) is 3.56. The fourth-order valence-corrected chi connectivity index (χ4v) is 3.83. The van der Waals surface area contributed by atoms with Crippen molar-refractivity contribution in [1.29, 1.82) is 0 Å². The summed E-state index contributed by atoms with van der Waals surface area (Å²) in [6.07, 6.45) is 1.83. The number of aliphatic hydroxyl groups is 1. The number of hydrogen-bond donors (Lipinski definition) is 1. The smallest absolute Gasteiger partial charge is 0.0917 e. The molecule has 0 saturated carbocycles. The molecule has 0 spiro atoms. The van der Waals surface area contributed by atoms with Crippen LogP contribution in [-0.4, -0.2) is 47.1 Å². The third-order valence-electron chi connectivity index (χ3n) is 5.50. The molecule has 0 unspecified atom stereocenters. The first kappa shape index (κ1) is 23.1. The molecular weight excluding hydrogens is 412 g/mol. The maximum atomic E-state index is 10.8. The molecule has 1 N–H and O–H groups in total. The topological polar surface area (TPSA) is 26.7 Å². The molecule has 0 aliphatic rings. The molecule has 0 aromatic heterocycles. The van der Waals surface area contributed by atoms with E-state index in [0.29, 0.717) is 12.6 Å². The zero-order valence-electron chi connectivity index (χ0n) is 17.5. The van der Waals surface area contributed by atoms with Gasteiger partial charge in [0, 0.05) is 23.6 Å². The van der Waals surface area contributed by atoms with E-state index in [1.807, 2.05) is 24.3 Å². The summed E-state index contributed by atoms with van der Waals surface area (Å²) in [6.45, 7) is 11.6. The number of hydrogen-bond acceptors (Lipinski definition) is 3. The van der Waals surface area contributed by atoms with Crippen molar-refractivity contribution in [3.63, 3.8) is 0 Å². The summed E-state index contributed by atoms with van der Waals surface area (Å²) in [5.74, 6) is 0. The summed E-state index contributed by atoms with van der Waals surface area (Å²) in [5, 5.41) is 10.8. The van der Waals surface area contributed by atoms with E-state index in [1.165, 1.54) is 12.0 Å². The van der Waals surface area contributed by atoms with Gasteiger partial charge in [0.15, 0.2) is 0 Å². The van der Waals surface area contributed by atoms with Gasteiger partial charge in [-0.3, -0.25) is 4.90 Å². The van der Waals surface area contributed by atoms with Gasteiger partial charge in [-0.2, -0.15) is 0 Å². The second-order valence-electron chi connectivity index (χ2n) is 7.50. The van der Waals surface area contributed by atoms with Gasteiger partial charge in [0.1, 0.15) is 0 Å². The van der Waals surface area contributed by atoms with Crippen LogP contribution < -0.4 is 0 Å². The van der Waals surface area contributed by atoms with Crippen LogP contribution in [0.1, 0.15) is 50.8 Å². The minimum atomic E-state index is -0.484. The van der Waals surface area contributed by atoms with E-state index < -0.39 is 6.10 Å². The van der Waals surface area contributed by atoms with Gasteiger partial charge in [-0.1, -0.05) is 72.2 Å². The van der Waals surface area contributed by atoms with Gasteiger partial charge in [0.2, 0.25) is 0 Å². The maximum Gasteiger partial charge on any atom is 0.0917 e. The van der Waals surface area contributed by atoms with E-state index >= 15 is 0 Å². The Kier molecular flexibility index (Phi) is 10.2. The second-order valence-corrected chi connectivity index (χ2v) is 8.42. The molecule has 0 radical (unpaired) electrons. The van der Waals surface area contributed by atoms with Gasteiger partial charge in [-0.05, 0) is 62.7 Å². The molecule has 0 heterocycles. The van der Waals surface area contributed by atoms with Crippen LogP contribution in [-0.2, 0) is 6.54 Å². The first-order valence-electron chi connectivity index (χ1n) is 10.5. The van der Waals surface area contributed by atoms with Gasteiger partial charge < -0.3 is 10.0 Å². The molecule has 2 atom stereocenters. The van der Waals surface area contributed by atoms with E-state index in [0.717, 1.165) is 42.6 Å². The maximum absolute atomic E-state index is 10.8. The Morgan fingerprint density at radius 1 is 0.964 bits per heavy atom. The van der Waals surface area contributed by atoms with Crippen molar-refractivity contribution >= 4 is 15.9 Å². The molecule has 0 bridgehead atoms. The highest BCUT2D eigenvalue weighted by Gasteiger charge is 2.19. The van der Waals surface area contributed by atoms with E-state index in [1.54, 1.807) is 0 Å². The molecule has 3 nitrogen and oxygen atoms in total. The summed E-state index contributed by atoms with van der Waals surface area (Å²) < 4.78 is 1.04. The van der Waals surface area contributed by atoms with Crippen molar-refractivity contribution in [1.82, 2.24) is 9.80 Å². The van der Waals surface area contributed by atoms with Crippen molar-refractivity contribution in [2.24, 2.45) is 0 Å². The Balaban J connectivity index is 2.02. The average Bonchev–Trinajstić information content (AvgIpc) is 2.71. The van der Waals surface area contributed by atoms with Crippen LogP contribution in [0.5, 0.6) is 0 Å². The average molecular weight is 447 g/mol. The van der Waals surface area contributed by atoms with E-state index in [4.69, 9.17) is 0 Å². The summed E-state index contributed by atoms with van der Waals surface area (Å²) in [4.78, 5) is 4.90. The van der Waals surface area contributed by atoms with Crippen molar-refractivity contribution in [2.75, 3.05) is 26.2 Å². The molecule has 0 fully saturated rings. The molecule has 28 heavy (non-hydrogen) atoms. The SMILES string of the molecule is CCN(CC)CCC[C@H](C)N(Cc1ccccc1)C[C@@H](O)c1ccc(Br)cc1. The van der Waals surface area contributed by atoms with Crippen LogP contribution in [0.2, 0.25) is 0 Å². The van der Waals surface area contributed by atoms with Crippen LogP contribution in [0.4, 0.5) is 0 Å². The lowest BCUT2D eigenvalue weighted by Gasteiger charge is -2.32. The zero-order valence-corrected chi connectivity index (χ0v) is 19.1. The summed E-state index contributed by atoms with van der Waals surface area (Å²) in [5.41, 5.74) is 2.26. The Hall–Kier alpha value is -1.20. The first-order valence-corrected chi connectivity index (χ1v) is 11.3. The normalized spacial score (nSPS) is 13.8. The van der Waals surface area contributed by atoms with E-state index in [-0.39, 0.29) is 0 Å². The van der Waals surface area contributed by atoms with Crippen LogP contribution in [0.25, 0.3) is 0 Å². The highest BCUT2D eigenvalue weighted by molar-refractivity contribution is 9.10. The van der Waals surface area contributed by atoms with Crippen molar-refractivity contribution < 1.29 is 5.11 Å². The molecule has 4 heteroatoms. The van der Waals surface area contributed by atoms with Gasteiger partial charge in [-0.15, -0.1) is 0 Å². The third kappa shape index (κ3) is 7.67. The Morgan fingerprint density at radius 2 is 1.61 bits per heavy atom. The van der Waals surface area contributed by atoms with E-state index in [9.17, 15) is 5.11 Å².